The van der Waals surface area contributed by atoms with Gasteiger partial charge in [0.2, 0.25) is 0 Å². The van der Waals surface area contributed by atoms with Crippen LogP contribution >= 0.6 is 11.6 Å². The lowest BCUT2D eigenvalue weighted by Gasteiger charge is -2.20. The highest BCUT2D eigenvalue weighted by Crippen LogP contribution is 2.29. The van der Waals surface area contributed by atoms with Gasteiger partial charge in [-0.1, -0.05) is 29.8 Å². The molecule has 2 aromatic rings. The third-order valence-corrected chi connectivity index (χ3v) is 4.19. The summed E-state index contributed by atoms with van der Waals surface area (Å²) in [4.78, 5) is 36.0. The molecule has 29 heavy (non-hydrogen) atoms. The summed E-state index contributed by atoms with van der Waals surface area (Å²) in [5.74, 6) is -0.913. The molecule has 0 aromatic heterocycles. The van der Waals surface area contributed by atoms with Gasteiger partial charge in [0.05, 0.1) is 41.7 Å². The normalized spacial score (nSPS) is 11.6. The van der Waals surface area contributed by atoms with Gasteiger partial charge in [-0.2, -0.15) is 0 Å². The number of carbonyl (C=O) groups is 2. The van der Waals surface area contributed by atoms with Crippen LogP contribution in [-0.4, -0.2) is 30.0 Å². The fourth-order valence-corrected chi connectivity index (χ4v) is 2.93. The summed E-state index contributed by atoms with van der Waals surface area (Å²) in [5.41, 5.74) is 0.113. The number of nitro groups is 1. The Morgan fingerprint density at radius 2 is 1.90 bits per heavy atom. The number of carbonyl (C=O) groups excluding carboxylic acids is 2. The molecule has 1 N–H and O–H groups in total. The van der Waals surface area contributed by atoms with Gasteiger partial charge >= 0.3 is 5.97 Å². The first-order valence-electron chi connectivity index (χ1n) is 8.80. The second-order valence-electron chi connectivity index (χ2n) is 6.43. The molecular weight excluding hydrogens is 400 g/mol. The van der Waals surface area contributed by atoms with Crippen LogP contribution in [0.25, 0.3) is 0 Å². The smallest absolute Gasteiger partial charge is 0.308 e. The first kappa shape index (κ1) is 22.2. The van der Waals surface area contributed by atoms with Crippen LogP contribution < -0.4 is 10.1 Å². The van der Waals surface area contributed by atoms with E-state index in [4.69, 9.17) is 21.1 Å². The molecule has 8 nitrogen and oxygen atoms in total. The second-order valence-corrected chi connectivity index (χ2v) is 6.87. The van der Waals surface area contributed by atoms with Crippen molar-refractivity contribution in [3.8, 4) is 5.75 Å². The minimum Gasteiger partial charge on any atom is -0.496 e. The number of nitrogens with one attached hydrogen (secondary N) is 1. The highest BCUT2D eigenvalue weighted by Gasteiger charge is 2.27. The van der Waals surface area contributed by atoms with Crippen LogP contribution in [0.15, 0.2) is 42.5 Å². The molecule has 9 heteroatoms. The van der Waals surface area contributed by atoms with Gasteiger partial charge in [0.1, 0.15) is 5.75 Å². The third-order valence-electron chi connectivity index (χ3n) is 3.96. The summed E-state index contributed by atoms with van der Waals surface area (Å²) in [7, 11) is 1.40. The SMILES string of the molecule is COc1ccc(Cl)cc1C(=O)NC(CC(=O)OC(C)C)c1ccccc1[N+](=O)[O-]. The van der Waals surface area contributed by atoms with Crippen LogP contribution in [0.4, 0.5) is 5.69 Å². The Labute approximate surface area is 172 Å². The van der Waals surface area contributed by atoms with Gasteiger partial charge in [0, 0.05) is 11.1 Å². The maximum Gasteiger partial charge on any atom is 0.308 e. The molecule has 1 unspecified atom stereocenters. The van der Waals surface area contributed by atoms with E-state index in [-0.39, 0.29) is 35.1 Å². The molecular formula is C20H21ClN2O6. The molecule has 0 bridgehead atoms. The van der Waals surface area contributed by atoms with Crippen LogP contribution in [0.5, 0.6) is 5.75 Å². The number of ether oxygens (including phenoxy) is 2. The number of nitrogens with zero attached hydrogens (tertiary/aromatic N) is 1. The van der Waals surface area contributed by atoms with E-state index in [0.29, 0.717) is 5.02 Å². The zero-order chi connectivity index (χ0) is 21.6. The summed E-state index contributed by atoms with van der Waals surface area (Å²) in [6.45, 7) is 3.38. The lowest BCUT2D eigenvalue weighted by molar-refractivity contribution is -0.385. The quantitative estimate of drug-likeness (QED) is 0.392. The number of methoxy groups -OCH3 is 1. The maximum atomic E-state index is 12.9. The Bertz CT molecular complexity index is 916. The summed E-state index contributed by atoms with van der Waals surface area (Å²) < 4.78 is 10.3. The predicted molar refractivity (Wildman–Crippen MR) is 107 cm³/mol. The van der Waals surface area contributed by atoms with Crippen LogP contribution in [0, 0.1) is 10.1 Å². The molecule has 0 saturated carbocycles. The fourth-order valence-electron chi connectivity index (χ4n) is 2.76. The molecule has 1 amide bonds. The van der Waals surface area contributed by atoms with Gasteiger partial charge < -0.3 is 14.8 Å². The van der Waals surface area contributed by atoms with Gasteiger partial charge in [-0.15, -0.1) is 0 Å². The van der Waals surface area contributed by atoms with Crippen LogP contribution in [-0.2, 0) is 9.53 Å². The molecule has 2 aromatic carbocycles. The Balaban J connectivity index is 2.41. The van der Waals surface area contributed by atoms with Crippen molar-refractivity contribution in [3.05, 3.63) is 68.7 Å². The lowest BCUT2D eigenvalue weighted by atomic mass is 10.0. The summed E-state index contributed by atoms with van der Waals surface area (Å²) in [6.07, 6.45) is -0.643. The summed E-state index contributed by atoms with van der Waals surface area (Å²) in [6, 6.07) is 9.42. The Kier molecular flexibility index (Phi) is 7.55. The van der Waals surface area contributed by atoms with Crippen molar-refractivity contribution in [2.45, 2.75) is 32.4 Å². The van der Waals surface area contributed by atoms with Crippen molar-refractivity contribution >= 4 is 29.2 Å². The van der Waals surface area contributed by atoms with Crippen molar-refractivity contribution < 1.29 is 24.0 Å². The number of esters is 1. The summed E-state index contributed by atoms with van der Waals surface area (Å²) in [5, 5.41) is 14.4. The molecule has 154 valence electrons. The molecule has 0 heterocycles. The molecule has 0 aliphatic heterocycles. The minimum absolute atomic E-state index is 0.140. The first-order valence-corrected chi connectivity index (χ1v) is 9.18. The molecule has 0 radical (unpaired) electrons. The summed E-state index contributed by atoms with van der Waals surface area (Å²) >= 11 is 5.98. The number of hydrogen-bond donors (Lipinski definition) is 1. The van der Waals surface area contributed by atoms with Crippen molar-refractivity contribution in [2.24, 2.45) is 0 Å². The molecule has 1 atom stereocenters. The highest BCUT2D eigenvalue weighted by molar-refractivity contribution is 6.31. The zero-order valence-corrected chi connectivity index (χ0v) is 16.9. The van der Waals surface area contributed by atoms with Gasteiger partial charge in [0.15, 0.2) is 0 Å². The standard InChI is InChI=1S/C20H21ClN2O6/c1-12(2)29-19(24)11-16(14-6-4-5-7-17(14)23(26)27)22-20(25)15-10-13(21)8-9-18(15)28-3/h4-10,12,16H,11H2,1-3H3,(H,22,25). The number of benzene rings is 2. The number of nitro benzene ring substituents is 1. The third kappa shape index (κ3) is 5.92. The topological polar surface area (TPSA) is 108 Å². The molecule has 2 rings (SSSR count). The van der Waals surface area contributed by atoms with Crippen molar-refractivity contribution in [1.82, 2.24) is 5.32 Å². The van der Waals surface area contributed by atoms with E-state index in [2.05, 4.69) is 5.32 Å². The van der Waals surface area contributed by atoms with E-state index in [9.17, 15) is 19.7 Å². The largest absolute Gasteiger partial charge is 0.496 e. The molecule has 0 aliphatic rings. The van der Waals surface area contributed by atoms with Crippen molar-refractivity contribution in [1.29, 1.82) is 0 Å². The van der Waals surface area contributed by atoms with E-state index >= 15 is 0 Å². The van der Waals surface area contributed by atoms with Crippen LogP contribution in [0.2, 0.25) is 5.02 Å². The molecule has 0 spiro atoms. The van der Waals surface area contributed by atoms with Crippen LogP contribution in [0.1, 0.15) is 42.2 Å². The second kappa shape index (κ2) is 9.88. The molecule has 0 saturated heterocycles. The van der Waals surface area contributed by atoms with E-state index < -0.39 is 22.8 Å². The van der Waals surface area contributed by atoms with E-state index in [1.54, 1.807) is 26.0 Å². The number of halogens is 1. The number of hydrogen-bond acceptors (Lipinski definition) is 6. The van der Waals surface area contributed by atoms with E-state index in [0.717, 1.165) is 0 Å². The predicted octanol–water partition coefficient (Wildman–Crippen LogP) is 4.07. The van der Waals surface area contributed by atoms with Crippen LogP contribution in [0.3, 0.4) is 0 Å². The van der Waals surface area contributed by atoms with Crippen molar-refractivity contribution in [3.63, 3.8) is 0 Å². The highest BCUT2D eigenvalue weighted by atomic mass is 35.5. The number of para-hydroxylation sites is 1. The first-order chi connectivity index (χ1) is 13.7. The Morgan fingerprint density at radius 3 is 2.52 bits per heavy atom. The van der Waals surface area contributed by atoms with Gasteiger partial charge in [-0.05, 0) is 32.0 Å². The molecule has 0 aliphatic carbocycles. The zero-order valence-electron chi connectivity index (χ0n) is 16.2. The number of amides is 1. The van der Waals surface area contributed by atoms with E-state index in [1.807, 2.05) is 0 Å². The lowest BCUT2D eigenvalue weighted by Crippen LogP contribution is -2.31. The Hall–Kier alpha value is -3.13. The van der Waals surface area contributed by atoms with Gasteiger partial charge in [0.25, 0.3) is 11.6 Å². The molecule has 0 fully saturated rings. The Morgan fingerprint density at radius 1 is 1.21 bits per heavy atom. The number of rotatable bonds is 8. The minimum atomic E-state index is -0.987. The fraction of sp³-hybridized carbons (Fsp3) is 0.300. The van der Waals surface area contributed by atoms with Crippen molar-refractivity contribution in [2.75, 3.05) is 7.11 Å². The van der Waals surface area contributed by atoms with Gasteiger partial charge in [-0.3, -0.25) is 19.7 Å². The van der Waals surface area contributed by atoms with Gasteiger partial charge in [-0.25, -0.2) is 0 Å². The average Bonchev–Trinajstić information content (AvgIpc) is 2.66. The van der Waals surface area contributed by atoms with E-state index in [1.165, 1.54) is 37.4 Å². The average molecular weight is 421 g/mol. The monoisotopic (exact) mass is 420 g/mol. The maximum absolute atomic E-state index is 12.9.